The highest BCUT2D eigenvalue weighted by molar-refractivity contribution is 5.88. The minimum Gasteiger partial charge on any atom is -0.378 e. The maximum atomic E-state index is 13.1. The molecule has 0 radical (unpaired) electrons. The molecule has 3 N–H and O–H groups in total. The van der Waals surface area contributed by atoms with Crippen LogP contribution in [0.5, 0.6) is 0 Å². The van der Waals surface area contributed by atoms with Crippen molar-refractivity contribution in [2.24, 2.45) is 0 Å². The molecule has 0 aliphatic carbocycles. The van der Waals surface area contributed by atoms with Crippen molar-refractivity contribution in [2.75, 3.05) is 32.1 Å². The largest absolute Gasteiger partial charge is 0.378 e. The van der Waals surface area contributed by atoms with Crippen molar-refractivity contribution in [3.05, 3.63) is 29.8 Å². The molecule has 47 heavy (non-hydrogen) atoms. The highest BCUT2D eigenvalue weighted by Gasteiger charge is 2.21. The van der Waals surface area contributed by atoms with Gasteiger partial charge in [-0.25, -0.2) is 0 Å². The molecule has 0 aliphatic heterocycles. The highest BCUT2D eigenvalue weighted by Crippen LogP contribution is 2.14. The number of carbonyl (C=O) groups is 3. The fraction of sp³-hybridized carbons (Fsp3) is 0.775. The van der Waals surface area contributed by atoms with Gasteiger partial charge in [0.15, 0.2) is 0 Å². The third-order valence-corrected chi connectivity index (χ3v) is 9.09. The quantitative estimate of drug-likeness (QED) is 0.0696. The molecule has 1 aromatic carbocycles. The number of anilines is 1. The summed E-state index contributed by atoms with van der Waals surface area (Å²) in [4.78, 5) is 40.7. The van der Waals surface area contributed by atoms with Gasteiger partial charge in [0.2, 0.25) is 17.7 Å². The number of aryl methyl sites for hydroxylation is 1. The maximum absolute atomic E-state index is 13.1. The van der Waals surface area contributed by atoms with Crippen LogP contribution in [-0.2, 0) is 20.8 Å². The zero-order valence-corrected chi connectivity index (χ0v) is 30.9. The molecular formula is C40H72N4O3. The van der Waals surface area contributed by atoms with Gasteiger partial charge in [-0.1, -0.05) is 142 Å². The number of hydrogen-bond donors (Lipinski definition) is 3. The van der Waals surface area contributed by atoms with E-state index in [0.29, 0.717) is 32.4 Å². The van der Waals surface area contributed by atoms with Crippen LogP contribution >= 0.6 is 0 Å². The van der Waals surface area contributed by atoms with Crippen molar-refractivity contribution in [3.8, 4) is 0 Å². The van der Waals surface area contributed by atoms with Gasteiger partial charge >= 0.3 is 0 Å². The lowest BCUT2D eigenvalue weighted by Gasteiger charge is -2.19. The summed E-state index contributed by atoms with van der Waals surface area (Å²) in [6, 6.07) is 7.47. The standard InChI is InChI=1S/C40H72N4O3/c1-5-7-9-11-13-15-17-19-21-23-33-41-38(45)32-30-37(40(47)42-34-24-22-20-18-16-14-12-10-8-6-2)43-39(46)31-27-35-25-28-36(29-26-35)44(3)4/h25-26,28-29,37H,5-24,27,30-34H2,1-4H3,(H,41,45)(H,42,47)(H,43,46). The molecule has 0 heterocycles. The Bertz CT molecular complexity index is 919. The Morgan fingerprint density at radius 3 is 1.49 bits per heavy atom. The van der Waals surface area contributed by atoms with E-state index in [4.69, 9.17) is 0 Å². The van der Waals surface area contributed by atoms with Crippen LogP contribution in [0.25, 0.3) is 0 Å². The summed E-state index contributed by atoms with van der Waals surface area (Å²) in [5, 5.41) is 8.98. The first-order valence-electron chi connectivity index (χ1n) is 19.5. The molecule has 1 atom stereocenters. The average Bonchev–Trinajstić information content (AvgIpc) is 3.07. The maximum Gasteiger partial charge on any atom is 0.242 e. The minimum absolute atomic E-state index is 0.0522. The van der Waals surface area contributed by atoms with Crippen LogP contribution in [0.15, 0.2) is 24.3 Å². The Morgan fingerprint density at radius 2 is 1.02 bits per heavy atom. The first-order valence-corrected chi connectivity index (χ1v) is 19.5. The van der Waals surface area contributed by atoms with E-state index < -0.39 is 6.04 Å². The fourth-order valence-electron chi connectivity index (χ4n) is 5.91. The number of benzene rings is 1. The zero-order chi connectivity index (χ0) is 34.4. The number of hydrogen-bond acceptors (Lipinski definition) is 4. The molecule has 3 amide bonds. The summed E-state index contributed by atoms with van der Waals surface area (Å²) < 4.78 is 0. The van der Waals surface area contributed by atoms with Gasteiger partial charge in [0.05, 0.1) is 0 Å². The lowest BCUT2D eigenvalue weighted by molar-refractivity contribution is -0.129. The molecule has 0 fully saturated rings. The van der Waals surface area contributed by atoms with Crippen molar-refractivity contribution in [2.45, 2.75) is 174 Å². The molecule has 0 bridgehead atoms. The van der Waals surface area contributed by atoms with E-state index in [1.807, 2.05) is 43.3 Å². The van der Waals surface area contributed by atoms with Crippen molar-refractivity contribution < 1.29 is 14.4 Å². The molecule has 0 aliphatic rings. The van der Waals surface area contributed by atoms with E-state index in [1.54, 1.807) is 0 Å². The summed E-state index contributed by atoms with van der Waals surface area (Å²) in [6.45, 7) is 5.77. The van der Waals surface area contributed by atoms with E-state index in [1.165, 1.54) is 103 Å². The van der Waals surface area contributed by atoms with Crippen LogP contribution in [0.1, 0.15) is 167 Å². The lowest BCUT2D eigenvalue weighted by atomic mass is 10.1. The average molecular weight is 657 g/mol. The second-order valence-corrected chi connectivity index (χ2v) is 13.7. The van der Waals surface area contributed by atoms with Crippen LogP contribution in [0.2, 0.25) is 0 Å². The lowest BCUT2D eigenvalue weighted by Crippen LogP contribution is -2.47. The van der Waals surface area contributed by atoms with Gasteiger partial charge < -0.3 is 20.9 Å². The summed E-state index contributed by atoms with van der Waals surface area (Å²) in [5.41, 5.74) is 2.20. The predicted octanol–water partition coefficient (Wildman–Crippen LogP) is 9.02. The van der Waals surface area contributed by atoms with E-state index >= 15 is 0 Å². The Morgan fingerprint density at radius 1 is 0.574 bits per heavy atom. The van der Waals surface area contributed by atoms with Gasteiger partial charge in [-0.2, -0.15) is 0 Å². The molecule has 0 saturated heterocycles. The number of nitrogens with one attached hydrogen (secondary N) is 3. The van der Waals surface area contributed by atoms with Crippen LogP contribution in [-0.4, -0.2) is 50.9 Å². The molecule has 270 valence electrons. The third kappa shape index (κ3) is 24.3. The Kier molecular flexibility index (Phi) is 26.7. The first kappa shape index (κ1) is 42.5. The first-order chi connectivity index (χ1) is 22.9. The highest BCUT2D eigenvalue weighted by atomic mass is 16.2. The molecular weight excluding hydrogens is 584 g/mol. The minimum atomic E-state index is -0.704. The van der Waals surface area contributed by atoms with Crippen molar-refractivity contribution in [1.82, 2.24) is 16.0 Å². The van der Waals surface area contributed by atoms with E-state index in [-0.39, 0.29) is 24.1 Å². The van der Waals surface area contributed by atoms with E-state index in [9.17, 15) is 14.4 Å². The zero-order valence-electron chi connectivity index (χ0n) is 30.9. The van der Waals surface area contributed by atoms with Crippen LogP contribution < -0.4 is 20.9 Å². The summed E-state index contributed by atoms with van der Waals surface area (Å²) in [7, 11) is 4.00. The number of unbranched alkanes of at least 4 members (excludes halogenated alkanes) is 18. The number of nitrogens with zero attached hydrogens (tertiary/aromatic N) is 1. The van der Waals surface area contributed by atoms with Crippen molar-refractivity contribution in [1.29, 1.82) is 0 Å². The molecule has 7 heteroatoms. The molecule has 0 saturated carbocycles. The molecule has 1 aromatic rings. The molecule has 1 rings (SSSR count). The molecule has 7 nitrogen and oxygen atoms in total. The topological polar surface area (TPSA) is 90.5 Å². The van der Waals surface area contributed by atoms with Crippen LogP contribution in [0.3, 0.4) is 0 Å². The van der Waals surface area contributed by atoms with Crippen LogP contribution in [0, 0.1) is 0 Å². The monoisotopic (exact) mass is 657 g/mol. The van der Waals surface area contributed by atoms with Crippen LogP contribution in [0.4, 0.5) is 5.69 Å². The molecule has 0 spiro atoms. The van der Waals surface area contributed by atoms with Gasteiger partial charge in [0.25, 0.3) is 0 Å². The van der Waals surface area contributed by atoms with E-state index in [2.05, 4.69) is 29.8 Å². The normalized spacial score (nSPS) is 11.7. The Labute approximate surface area is 289 Å². The SMILES string of the molecule is CCCCCCCCCCCCNC(=O)CCC(NC(=O)CCc1ccc(N(C)C)cc1)C(=O)NCCCCCCCCCCCC. The van der Waals surface area contributed by atoms with Crippen molar-refractivity contribution >= 4 is 23.4 Å². The second kappa shape index (κ2) is 29.6. The van der Waals surface area contributed by atoms with Gasteiger partial charge in [-0.05, 0) is 43.4 Å². The summed E-state index contributed by atoms with van der Waals surface area (Å²) >= 11 is 0. The van der Waals surface area contributed by atoms with Gasteiger partial charge in [-0.3, -0.25) is 14.4 Å². The number of carbonyl (C=O) groups excluding carboxylic acids is 3. The second-order valence-electron chi connectivity index (χ2n) is 13.7. The predicted molar refractivity (Wildman–Crippen MR) is 200 cm³/mol. The molecule has 0 aromatic heterocycles. The van der Waals surface area contributed by atoms with Gasteiger partial charge in [0.1, 0.15) is 6.04 Å². The smallest absolute Gasteiger partial charge is 0.242 e. The summed E-state index contributed by atoms with van der Waals surface area (Å²) in [6.07, 6.45) is 26.5. The van der Waals surface area contributed by atoms with Crippen molar-refractivity contribution in [3.63, 3.8) is 0 Å². The van der Waals surface area contributed by atoms with E-state index in [0.717, 1.165) is 36.9 Å². The number of rotatable bonds is 31. The Balaban J connectivity index is 2.41. The van der Waals surface area contributed by atoms with Gasteiger partial charge in [-0.15, -0.1) is 0 Å². The fourth-order valence-corrected chi connectivity index (χ4v) is 5.91. The third-order valence-electron chi connectivity index (χ3n) is 9.09. The molecule has 1 unspecified atom stereocenters. The van der Waals surface area contributed by atoms with Gasteiger partial charge in [0, 0.05) is 45.7 Å². The number of amides is 3. The summed E-state index contributed by atoms with van der Waals surface area (Å²) in [5.74, 6) is -0.401. The Hall–Kier alpha value is -2.57.